The Morgan fingerprint density at radius 3 is 1.79 bits per heavy atom. The molecule has 1 saturated heterocycles. The van der Waals surface area contributed by atoms with E-state index in [1.807, 2.05) is 13.8 Å². The lowest BCUT2D eigenvalue weighted by atomic mass is 10.0. The molecular weight excluding hydrogens is 198 g/mol. The van der Waals surface area contributed by atoms with Crippen LogP contribution in [0.1, 0.15) is 34.6 Å². The average molecular weight is 221 g/mol. The van der Waals surface area contributed by atoms with E-state index in [2.05, 4.69) is 13.8 Å². The fourth-order valence-corrected chi connectivity index (χ4v) is 2.78. The van der Waals surface area contributed by atoms with Gasteiger partial charge in [-0.25, -0.2) is 12.7 Å². The number of hydrogen-bond acceptors (Lipinski definition) is 2. The molecule has 0 amide bonds. The first-order chi connectivity index (χ1) is 6.47. The van der Waals surface area contributed by atoms with Gasteiger partial charge in [-0.1, -0.05) is 27.7 Å². The summed E-state index contributed by atoms with van der Waals surface area (Å²) in [4.78, 5) is 0. The van der Waals surface area contributed by atoms with E-state index in [4.69, 9.17) is 0 Å². The first-order valence-electron chi connectivity index (χ1n) is 5.45. The minimum atomic E-state index is -2.93. The first-order valence-corrected chi connectivity index (χ1v) is 7.06. The third-order valence-electron chi connectivity index (χ3n) is 2.71. The van der Waals surface area contributed by atoms with Crippen LogP contribution in [0.3, 0.4) is 0 Å². The highest BCUT2D eigenvalue weighted by Crippen LogP contribution is 2.24. The zero-order valence-electron chi connectivity index (χ0n) is 9.95. The number of hydrogen-bond donors (Lipinski definition) is 0. The van der Waals surface area contributed by atoms with Crippen molar-refractivity contribution in [3.8, 4) is 0 Å². The molecule has 1 aliphatic heterocycles. The molecular formula is C10H23NO2S. The molecule has 0 saturated carbocycles. The number of sulfonamides is 1. The van der Waals surface area contributed by atoms with E-state index >= 15 is 0 Å². The Morgan fingerprint density at radius 1 is 1.14 bits per heavy atom. The fourth-order valence-electron chi connectivity index (χ4n) is 1.49. The van der Waals surface area contributed by atoms with Gasteiger partial charge in [0, 0.05) is 13.1 Å². The van der Waals surface area contributed by atoms with Gasteiger partial charge in [0.15, 0.2) is 0 Å². The summed E-state index contributed by atoms with van der Waals surface area (Å²) in [6, 6.07) is 0. The SMILES string of the molecule is CC.CCS(=O)(=O)N1CC(C)C(C)C1. The Balaban J connectivity index is 0.000000791. The Kier molecular flexibility index (Phi) is 5.67. The molecule has 3 nitrogen and oxygen atoms in total. The molecule has 0 spiro atoms. The quantitative estimate of drug-likeness (QED) is 0.714. The first kappa shape index (κ1) is 13.9. The monoisotopic (exact) mass is 221 g/mol. The van der Waals surface area contributed by atoms with Crippen LogP contribution >= 0.6 is 0 Å². The van der Waals surface area contributed by atoms with Crippen molar-refractivity contribution in [3.05, 3.63) is 0 Å². The Hall–Kier alpha value is -0.0900. The summed E-state index contributed by atoms with van der Waals surface area (Å²) in [6.45, 7) is 11.3. The molecule has 14 heavy (non-hydrogen) atoms. The van der Waals surface area contributed by atoms with Crippen molar-refractivity contribution in [2.24, 2.45) is 11.8 Å². The van der Waals surface area contributed by atoms with Crippen LogP contribution in [-0.4, -0.2) is 31.6 Å². The van der Waals surface area contributed by atoms with Crippen LogP contribution < -0.4 is 0 Å². The smallest absolute Gasteiger partial charge is 0.212 e. The lowest BCUT2D eigenvalue weighted by Gasteiger charge is -2.13. The van der Waals surface area contributed by atoms with Crippen LogP contribution in [0.2, 0.25) is 0 Å². The van der Waals surface area contributed by atoms with Gasteiger partial charge in [-0.2, -0.15) is 0 Å². The minimum absolute atomic E-state index is 0.229. The van der Waals surface area contributed by atoms with Gasteiger partial charge in [-0.15, -0.1) is 0 Å². The molecule has 0 bridgehead atoms. The third-order valence-corrected chi connectivity index (χ3v) is 4.53. The van der Waals surface area contributed by atoms with E-state index in [9.17, 15) is 8.42 Å². The van der Waals surface area contributed by atoms with Crippen molar-refractivity contribution in [1.29, 1.82) is 0 Å². The zero-order chi connectivity index (χ0) is 11.4. The van der Waals surface area contributed by atoms with Gasteiger partial charge in [0.1, 0.15) is 0 Å². The normalized spacial score (nSPS) is 28.4. The second-order valence-corrected chi connectivity index (χ2v) is 5.93. The molecule has 1 aliphatic rings. The van der Waals surface area contributed by atoms with Crippen LogP contribution in [0.5, 0.6) is 0 Å². The molecule has 4 heteroatoms. The predicted molar refractivity (Wildman–Crippen MR) is 60.7 cm³/mol. The molecule has 0 aromatic heterocycles. The van der Waals surface area contributed by atoms with E-state index in [-0.39, 0.29) is 5.75 Å². The molecule has 1 rings (SSSR count). The predicted octanol–water partition coefficient (Wildman–Crippen LogP) is 1.95. The zero-order valence-corrected chi connectivity index (χ0v) is 10.8. The van der Waals surface area contributed by atoms with Crippen LogP contribution in [0.4, 0.5) is 0 Å². The molecule has 2 unspecified atom stereocenters. The molecule has 0 N–H and O–H groups in total. The van der Waals surface area contributed by atoms with Gasteiger partial charge in [0.25, 0.3) is 0 Å². The maximum atomic E-state index is 11.4. The standard InChI is InChI=1S/C8H17NO2S.C2H6/c1-4-12(10,11)9-5-7(2)8(3)6-9;1-2/h7-8H,4-6H2,1-3H3;1-2H3. The second-order valence-electron chi connectivity index (χ2n) is 3.67. The van der Waals surface area contributed by atoms with Gasteiger partial charge >= 0.3 is 0 Å². The summed E-state index contributed by atoms with van der Waals surface area (Å²) in [5.41, 5.74) is 0. The lowest BCUT2D eigenvalue weighted by molar-refractivity contribution is 0.464. The highest BCUT2D eigenvalue weighted by Gasteiger charge is 2.32. The van der Waals surface area contributed by atoms with E-state index < -0.39 is 10.0 Å². The molecule has 0 aliphatic carbocycles. The number of rotatable bonds is 2. The van der Waals surface area contributed by atoms with Gasteiger partial charge in [-0.3, -0.25) is 0 Å². The van der Waals surface area contributed by atoms with Crippen LogP contribution in [-0.2, 0) is 10.0 Å². The summed E-state index contributed by atoms with van der Waals surface area (Å²) >= 11 is 0. The van der Waals surface area contributed by atoms with Crippen LogP contribution in [0, 0.1) is 11.8 Å². The molecule has 1 fully saturated rings. The van der Waals surface area contributed by atoms with Crippen molar-refractivity contribution in [1.82, 2.24) is 4.31 Å². The highest BCUT2D eigenvalue weighted by molar-refractivity contribution is 7.89. The van der Waals surface area contributed by atoms with Crippen molar-refractivity contribution >= 4 is 10.0 Å². The van der Waals surface area contributed by atoms with Crippen molar-refractivity contribution < 1.29 is 8.42 Å². The lowest BCUT2D eigenvalue weighted by Crippen LogP contribution is -2.30. The highest BCUT2D eigenvalue weighted by atomic mass is 32.2. The topological polar surface area (TPSA) is 37.4 Å². The van der Waals surface area contributed by atoms with Gasteiger partial charge in [0.2, 0.25) is 10.0 Å². The largest absolute Gasteiger partial charge is 0.213 e. The van der Waals surface area contributed by atoms with Crippen LogP contribution in [0.25, 0.3) is 0 Å². The van der Waals surface area contributed by atoms with E-state index in [1.54, 1.807) is 11.2 Å². The average Bonchev–Trinajstić information content (AvgIpc) is 2.51. The fraction of sp³-hybridized carbons (Fsp3) is 1.00. The molecule has 0 aromatic rings. The summed E-state index contributed by atoms with van der Waals surface area (Å²) in [6.07, 6.45) is 0. The van der Waals surface area contributed by atoms with Gasteiger partial charge in [-0.05, 0) is 18.8 Å². The Bertz CT molecular complexity index is 239. The second kappa shape index (κ2) is 5.71. The van der Waals surface area contributed by atoms with Crippen molar-refractivity contribution in [2.75, 3.05) is 18.8 Å². The van der Waals surface area contributed by atoms with Gasteiger partial charge < -0.3 is 0 Å². The Morgan fingerprint density at radius 2 is 1.50 bits per heavy atom. The Labute approximate surface area is 88.5 Å². The molecule has 2 atom stereocenters. The molecule has 86 valence electrons. The van der Waals surface area contributed by atoms with E-state index in [1.165, 1.54) is 0 Å². The molecule has 0 radical (unpaired) electrons. The van der Waals surface area contributed by atoms with Gasteiger partial charge in [0.05, 0.1) is 5.75 Å². The molecule has 1 heterocycles. The number of nitrogens with zero attached hydrogens (tertiary/aromatic N) is 1. The summed E-state index contributed by atoms with van der Waals surface area (Å²) < 4.78 is 24.5. The van der Waals surface area contributed by atoms with E-state index in [0.29, 0.717) is 24.9 Å². The third kappa shape index (κ3) is 3.24. The summed E-state index contributed by atoms with van der Waals surface area (Å²) in [5.74, 6) is 1.24. The van der Waals surface area contributed by atoms with Crippen molar-refractivity contribution in [2.45, 2.75) is 34.6 Å². The van der Waals surface area contributed by atoms with Crippen molar-refractivity contribution in [3.63, 3.8) is 0 Å². The summed E-state index contributed by atoms with van der Waals surface area (Å²) in [5, 5.41) is 0. The van der Waals surface area contributed by atoms with E-state index in [0.717, 1.165) is 0 Å². The van der Waals surface area contributed by atoms with Crippen LogP contribution in [0.15, 0.2) is 0 Å². The summed E-state index contributed by atoms with van der Waals surface area (Å²) in [7, 11) is -2.93. The minimum Gasteiger partial charge on any atom is -0.212 e. The maximum Gasteiger partial charge on any atom is 0.213 e. The maximum absolute atomic E-state index is 11.4. The molecule has 0 aromatic carbocycles.